The molecule has 0 saturated heterocycles. The molecule has 7 heteroatoms. The fourth-order valence-electron chi connectivity index (χ4n) is 1.57. The quantitative estimate of drug-likeness (QED) is 0.888. The summed E-state index contributed by atoms with van der Waals surface area (Å²) in [4.78, 5) is 19.4. The maximum absolute atomic E-state index is 11.2. The Labute approximate surface area is 115 Å². The highest BCUT2D eigenvalue weighted by Crippen LogP contribution is 2.22. The van der Waals surface area contributed by atoms with Crippen LogP contribution < -0.4 is 0 Å². The van der Waals surface area contributed by atoms with Crippen LogP contribution in [0.15, 0.2) is 18.5 Å². The highest BCUT2D eigenvalue weighted by Gasteiger charge is 2.20. The molecular formula is C13H13N5O2. The summed E-state index contributed by atoms with van der Waals surface area (Å²) in [7, 11) is 0. The first-order chi connectivity index (χ1) is 9.31. The van der Waals surface area contributed by atoms with E-state index in [4.69, 9.17) is 5.26 Å². The number of aromatic nitrogens is 4. The molecule has 0 amide bonds. The fraction of sp³-hybridized carbons (Fsp3) is 0.308. The number of hydrogen-bond acceptors (Lipinski definition) is 5. The zero-order chi connectivity index (χ0) is 14.9. The van der Waals surface area contributed by atoms with Gasteiger partial charge in [-0.3, -0.25) is 0 Å². The molecule has 0 aliphatic carbocycles. The first kappa shape index (κ1) is 13.7. The minimum absolute atomic E-state index is 0.00448. The van der Waals surface area contributed by atoms with Gasteiger partial charge in [0.15, 0.2) is 5.82 Å². The van der Waals surface area contributed by atoms with Crippen LogP contribution in [-0.2, 0) is 5.41 Å². The van der Waals surface area contributed by atoms with Crippen LogP contribution in [0.3, 0.4) is 0 Å². The Morgan fingerprint density at radius 2 is 2.10 bits per heavy atom. The lowest BCUT2D eigenvalue weighted by molar-refractivity contribution is 0.0696. The molecular weight excluding hydrogens is 258 g/mol. The molecule has 0 fully saturated rings. The first-order valence-corrected chi connectivity index (χ1v) is 5.89. The third-order valence-corrected chi connectivity index (χ3v) is 2.65. The summed E-state index contributed by atoms with van der Waals surface area (Å²) in [5.41, 5.74) is 0.439. The predicted molar refractivity (Wildman–Crippen MR) is 69.5 cm³/mol. The highest BCUT2D eigenvalue weighted by molar-refractivity contribution is 5.88. The molecule has 2 aromatic heterocycles. The van der Waals surface area contributed by atoms with Crippen LogP contribution >= 0.6 is 0 Å². The van der Waals surface area contributed by atoms with E-state index >= 15 is 0 Å². The van der Waals surface area contributed by atoms with Gasteiger partial charge in [-0.25, -0.2) is 19.4 Å². The number of aromatic carboxylic acids is 1. The number of nitrogens with zero attached hydrogens (tertiary/aromatic N) is 5. The number of nitriles is 1. The topological polar surface area (TPSA) is 105 Å². The Morgan fingerprint density at radius 1 is 1.40 bits per heavy atom. The van der Waals surface area contributed by atoms with E-state index in [2.05, 4.69) is 15.1 Å². The van der Waals surface area contributed by atoms with Crippen LogP contribution in [0, 0.1) is 11.3 Å². The van der Waals surface area contributed by atoms with Crippen molar-refractivity contribution in [3.63, 3.8) is 0 Å². The molecule has 1 N–H and O–H groups in total. The number of carbonyl (C=O) groups is 1. The maximum Gasteiger partial charge on any atom is 0.335 e. The second-order valence-corrected chi connectivity index (χ2v) is 5.28. The van der Waals surface area contributed by atoms with Crippen molar-refractivity contribution in [2.75, 3.05) is 0 Å². The summed E-state index contributed by atoms with van der Waals surface area (Å²) < 4.78 is 1.29. The average Bonchev–Trinajstić information content (AvgIpc) is 2.86. The van der Waals surface area contributed by atoms with Crippen molar-refractivity contribution in [3.8, 4) is 11.9 Å². The molecule has 7 nitrogen and oxygen atoms in total. The molecule has 0 atom stereocenters. The summed E-state index contributed by atoms with van der Waals surface area (Å²) in [6.45, 7) is 5.81. The van der Waals surface area contributed by atoms with Gasteiger partial charge in [0.05, 0.1) is 5.56 Å². The van der Waals surface area contributed by atoms with E-state index < -0.39 is 5.97 Å². The molecule has 20 heavy (non-hydrogen) atoms. The molecule has 0 saturated carbocycles. The summed E-state index contributed by atoms with van der Waals surface area (Å²) >= 11 is 0. The van der Waals surface area contributed by atoms with Gasteiger partial charge in [0.25, 0.3) is 5.82 Å². The Morgan fingerprint density at radius 3 is 2.60 bits per heavy atom. The largest absolute Gasteiger partial charge is 0.478 e. The highest BCUT2D eigenvalue weighted by atomic mass is 16.4. The minimum Gasteiger partial charge on any atom is -0.478 e. The van der Waals surface area contributed by atoms with Gasteiger partial charge in [-0.1, -0.05) is 20.8 Å². The molecule has 0 aliphatic rings. The van der Waals surface area contributed by atoms with Gasteiger partial charge in [0.2, 0.25) is 0 Å². The SMILES string of the molecule is CC(C)(C)c1cc(C(=O)O)cc(-n2cnc(C#N)n2)n1. The van der Waals surface area contributed by atoms with Gasteiger partial charge in [-0.05, 0) is 12.1 Å². The van der Waals surface area contributed by atoms with Gasteiger partial charge in [-0.15, -0.1) is 5.10 Å². The second kappa shape index (κ2) is 4.74. The number of rotatable bonds is 2. The lowest BCUT2D eigenvalue weighted by Gasteiger charge is -2.19. The Kier molecular flexibility index (Phi) is 3.24. The third-order valence-electron chi connectivity index (χ3n) is 2.65. The van der Waals surface area contributed by atoms with E-state index in [1.165, 1.54) is 23.1 Å². The molecule has 2 rings (SSSR count). The van der Waals surface area contributed by atoms with Gasteiger partial charge >= 0.3 is 5.97 Å². The van der Waals surface area contributed by atoms with E-state index in [1.54, 1.807) is 0 Å². The number of carboxylic acids is 1. The van der Waals surface area contributed by atoms with Gasteiger partial charge in [0, 0.05) is 11.1 Å². The Hall–Kier alpha value is -2.75. The van der Waals surface area contributed by atoms with Crippen LogP contribution in [-0.4, -0.2) is 30.8 Å². The van der Waals surface area contributed by atoms with Crippen molar-refractivity contribution in [1.29, 1.82) is 5.26 Å². The smallest absolute Gasteiger partial charge is 0.335 e. The van der Waals surface area contributed by atoms with Crippen LogP contribution in [0.25, 0.3) is 5.82 Å². The van der Waals surface area contributed by atoms with Crippen LogP contribution in [0.4, 0.5) is 0 Å². The Balaban J connectivity index is 2.61. The molecule has 0 aromatic carbocycles. The van der Waals surface area contributed by atoms with Crippen molar-refractivity contribution in [2.24, 2.45) is 0 Å². The van der Waals surface area contributed by atoms with Crippen LogP contribution in [0.5, 0.6) is 0 Å². The maximum atomic E-state index is 11.2. The van der Waals surface area contributed by atoms with Crippen molar-refractivity contribution in [3.05, 3.63) is 35.5 Å². The zero-order valence-electron chi connectivity index (χ0n) is 11.3. The van der Waals surface area contributed by atoms with Crippen molar-refractivity contribution >= 4 is 5.97 Å². The normalized spacial score (nSPS) is 11.1. The summed E-state index contributed by atoms with van der Waals surface area (Å²) in [6, 6.07) is 4.74. The van der Waals surface area contributed by atoms with Gasteiger partial charge < -0.3 is 5.11 Å². The van der Waals surface area contributed by atoms with Crippen LogP contribution in [0.1, 0.15) is 42.6 Å². The average molecular weight is 271 g/mol. The standard InChI is InChI=1S/C13H13N5O2/c1-13(2,3)9-4-8(12(19)20)5-11(16-9)18-7-15-10(6-14)17-18/h4-5,7H,1-3H3,(H,19,20). The zero-order valence-corrected chi connectivity index (χ0v) is 11.3. The van der Waals surface area contributed by atoms with E-state index in [1.807, 2.05) is 26.8 Å². The molecule has 0 spiro atoms. The number of pyridine rings is 1. The minimum atomic E-state index is -1.04. The third kappa shape index (κ3) is 2.64. The predicted octanol–water partition coefficient (Wildman–Crippen LogP) is 1.53. The van der Waals surface area contributed by atoms with E-state index in [0.717, 1.165) is 0 Å². The fourth-order valence-corrected chi connectivity index (χ4v) is 1.57. The lowest BCUT2D eigenvalue weighted by atomic mass is 9.91. The van der Waals surface area contributed by atoms with Crippen molar-refractivity contribution < 1.29 is 9.90 Å². The number of carboxylic acid groups (broad SMARTS) is 1. The molecule has 2 heterocycles. The summed E-state index contributed by atoms with van der Waals surface area (Å²) in [6.07, 6.45) is 1.33. The first-order valence-electron chi connectivity index (χ1n) is 5.89. The summed E-state index contributed by atoms with van der Waals surface area (Å²) in [5.74, 6) is -0.714. The van der Waals surface area contributed by atoms with Crippen molar-refractivity contribution in [1.82, 2.24) is 19.7 Å². The molecule has 102 valence electrons. The monoisotopic (exact) mass is 271 g/mol. The van der Waals surface area contributed by atoms with Gasteiger partial charge in [0.1, 0.15) is 12.4 Å². The molecule has 0 bridgehead atoms. The second-order valence-electron chi connectivity index (χ2n) is 5.28. The Bertz CT molecular complexity index is 706. The number of hydrogen-bond donors (Lipinski definition) is 1. The lowest BCUT2D eigenvalue weighted by Crippen LogP contribution is -2.17. The van der Waals surface area contributed by atoms with Gasteiger partial charge in [-0.2, -0.15) is 5.26 Å². The van der Waals surface area contributed by atoms with E-state index in [9.17, 15) is 9.90 Å². The van der Waals surface area contributed by atoms with Crippen molar-refractivity contribution in [2.45, 2.75) is 26.2 Å². The molecule has 0 unspecified atom stereocenters. The van der Waals surface area contributed by atoms with Crippen LogP contribution in [0.2, 0.25) is 0 Å². The molecule has 2 aromatic rings. The molecule has 0 radical (unpaired) electrons. The summed E-state index contributed by atoms with van der Waals surface area (Å²) in [5, 5.41) is 21.8. The van der Waals surface area contributed by atoms with E-state index in [0.29, 0.717) is 11.5 Å². The molecule has 0 aliphatic heterocycles. The van der Waals surface area contributed by atoms with E-state index in [-0.39, 0.29) is 16.8 Å².